The van der Waals surface area contributed by atoms with Gasteiger partial charge in [-0.3, -0.25) is 0 Å². The number of aliphatic hydroxyl groups excluding tert-OH is 1. The number of hydrogen-bond donors (Lipinski definition) is 1. The van der Waals surface area contributed by atoms with Crippen LogP contribution in [-0.4, -0.2) is 14.9 Å². The molecule has 0 spiro atoms. The van der Waals surface area contributed by atoms with Crippen molar-refractivity contribution in [3.8, 4) is 5.69 Å². The molecule has 1 N–H and O–H groups in total. The first-order chi connectivity index (χ1) is 7.20. The third kappa shape index (κ3) is 1.87. The lowest BCUT2D eigenvalue weighted by Crippen LogP contribution is -1.99. The second-order valence-corrected chi connectivity index (χ2v) is 3.01. The van der Waals surface area contributed by atoms with Crippen molar-refractivity contribution >= 4 is 0 Å². The molecule has 0 fully saturated rings. The summed E-state index contributed by atoms with van der Waals surface area (Å²) in [5.74, 6) is -1.33. The van der Waals surface area contributed by atoms with E-state index in [0.29, 0.717) is 5.69 Å². The molecule has 5 heteroatoms. The number of halogens is 2. The maximum absolute atomic E-state index is 13.3. The largest absolute Gasteiger partial charge is 0.390 e. The van der Waals surface area contributed by atoms with Gasteiger partial charge in [-0.25, -0.2) is 13.5 Å². The van der Waals surface area contributed by atoms with Crippen molar-refractivity contribution in [2.45, 2.75) is 6.61 Å². The first kappa shape index (κ1) is 9.79. The van der Waals surface area contributed by atoms with Crippen LogP contribution in [0.1, 0.15) is 5.69 Å². The number of rotatable bonds is 2. The summed E-state index contributed by atoms with van der Waals surface area (Å²) in [4.78, 5) is 0. The molecule has 0 unspecified atom stereocenters. The lowest BCUT2D eigenvalue weighted by Gasteiger charge is -2.02. The molecule has 0 saturated heterocycles. The first-order valence-electron chi connectivity index (χ1n) is 4.31. The van der Waals surface area contributed by atoms with Crippen molar-refractivity contribution in [1.29, 1.82) is 0 Å². The molecule has 1 aromatic heterocycles. The highest BCUT2D eigenvalue weighted by atomic mass is 19.1. The van der Waals surface area contributed by atoms with Gasteiger partial charge in [0.25, 0.3) is 0 Å². The number of benzene rings is 1. The highest BCUT2D eigenvalue weighted by Crippen LogP contribution is 2.14. The number of aromatic nitrogens is 2. The van der Waals surface area contributed by atoms with Crippen molar-refractivity contribution < 1.29 is 13.9 Å². The third-order valence-electron chi connectivity index (χ3n) is 1.96. The summed E-state index contributed by atoms with van der Waals surface area (Å²) in [7, 11) is 0. The summed E-state index contributed by atoms with van der Waals surface area (Å²) in [6.07, 6.45) is 1.50. The normalized spacial score (nSPS) is 10.6. The Bertz CT molecular complexity index is 482. The van der Waals surface area contributed by atoms with Gasteiger partial charge in [-0.15, -0.1) is 0 Å². The van der Waals surface area contributed by atoms with Crippen molar-refractivity contribution in [2.75, 3.05) is 0 Å². The van der Waals surface area contributed by atoms with Gasteiger partial charge in [0.05, 0.1) is 12.3 Å². The minimum absolute atomic E-state index is 0.149. The average Bonchev–Trinajstić information content (AvgIpc) is 2.66. The van der Waals surface area contributed by atoms with E-state index in [1.807, 2.05) is 0 Å². The quantitative estimate of drug-likeness (QED) is 0.818. The molecule has 0 aliphatic heterocycles. The molecule has 3 nitrogen and oxygen atoms in total. The van der Waals surface area contributed by atoms with Gasteiger partial charge in [-0.2, -0.15) is 5.10 Å². The van der Waals surface area contributed by atoms with Gasteiger partial charge in [0, 0.05) is 12.3 Å². The molecule has 0 bridgehead atoms. The van der Waals surface area contributed by atoms with Crippen LogP contribution < -0.4 is 0 Å². The Hall–Kier alpha value is -1.75. The van der Waals surface area contributed by atoms with Gasteiger partial charge in [0.1, 0.15) is 11.5 Å². The zero-order valence-electron chi connectivity index (χ0n) is 7.69. The minimum Gasteiger partial charge on any atom is -0.390 e. The van der Waals surface area contributed by atoms with E-state index < -0.39 is 11.6 Å². The van der Waals surface area contributed by atoms with Crippen LogP contribution in [0.4, 0.5) is 8.78 Å². The van der Waals surface area contributed by atoms with Crippen molar-refractivity contribution in [1.82, 2.24) is 9.78 Å². The zero-order valence-corrected chi connectivity index (χ0v) is 7.69. The average molecular weight is 210 g/mol. The van der Waals surface area contributed by atoms with Crippen LogP contribution in [0.3, 0.4) is 0 Å². The fourth-order valence-corrected chi connectivity index (χ4v) is 1.25. The topological polar surface area (TPSA) is 38.0 Å². The van der Waals surface area contributed by atoms with Gasteiger partial charge in [0.2, 0.25) is 0 Å². The molecule has 0 atom stereocenters. The maximum atomic E-state index is 13.3. The van der Waals surface area contributed by atoms with E-state index in [-0.39, 0.29) is 12.3 Å². The number of aliphatic hydroxyl groups is 1. The lowest BCUT2D eigenvalue weighted by molar-refractivity contribution is 0.276. The fraction of sp³-hybridized carbons (Fsp3) is 0.100. The Morgan fingerprint density at radius 2 is 2.07 bits per heavy atom. The molecule has 0 aliphatic rings. The number of nitrogens with zero attached hydrogens (tertiary/aromatic N) is 2. The minimum atomic E-state index is -0.692. The molecule has 1 aromatic carbocycles. The zero-order chi connectivity index (χ0) is 10.8. The number of hydrogen-bond acceptors (Lipinski definition) is 2. The van der Waals surface area contributed by atoms with Crippen molar-refractivity contribution in [2.24, 2.45) is 0 Å². The maximum Gasteiger partial charge on any atom is 0.151 e. The smallest absolute Gasteiger partial charge is 0.151 e. The van der Waals surface area contributed by atoms with Crippen molar-refractivity contribution in [3.63, 3.8) is 0 Å². The molecule has 78 valence electrons. The molecule has 15 heavy (non-hydrogen) atoms. The molecule has 2 aromatic rings. The molecular formula is C10H8F2N2O. The van der Waals surface area contributed by atoms with Gasteiger partial charge in [0.15, 0.2) is 5.82 Å². The Balaban J connectivity index is 2.44. The van der Waals surface area contributed by atoms with E-state index in [9.17, 15) is 8.78 Å². The van der Waals surface area contributed by atoms with Gasteiger partial charge in [-0.05, 0) is 18.2 Å². The fourth-order valence-electron chi connectivity index (χ4n) is 1.25. The van der Waals surface area contributed by atoms with Gasteiger partial charge >= 0.3 is 0 Å². The summed E-state index contributed by atoms with van der Waals surface area (Å²) < 4.78 is 27.2. The van der Waals surface area contributed by atoms with E-state index in [1.165, 1.54) is 16.9 Å². The molecule has 0 amide bonds. The molecule has 1 heterocycles. The monoisotopic (exact) mass is 210 g/mol. The second kappa shape index (κ2) is 3.78. The summed E-state index contributed by atoms with van der Waals surface area (Å²) in [6, 6.07) is 4.79. The van der Waals surface area contributed by atoms with Crippen LogP contribution in [0.5, 0.6) is 0 Å². The van der Waals surface area contributed by atoms with Gasteiger partial charge < -0.3 is 5.11 Å². The Morgan fingerprint density at radius 3 is 2.67 bits per heavy atom. The van der Waals surface area contributed by atoms with Crippen molar-refractivity contribution in [3.05, 3.63) is 47.8 Å². The lowest BCUT2D eigenvalue weighted by atomic mass is 10.3. The predicted octanol–water partition coefficient (Wildman–Crippen LogP) is 1.64. The Kier molecular flexibility index (Phi) is 2.47. The summed E-state index contributed by atoms with van der Waals surface area (Å²) >= 11 is 0. The summed E-state index contributed by atoms with van der Waals surface area (Å²) in [6.45, 7) is -0.212. The van der Waals surface area contributed by atoms with Crippen LogP contribution in [0, 0.1) is 11.6 Å². The van der Waals surface area contributed by atoms with Crippen LogP contribution in [0.15, 0.2) is 30.5 Å². The molecule has 2 rings (SSSR count). The molecule has 0 aliphatic carbocycles. The molecule has 0 saturated carbocycles. The van der Waals surface area contributed by atoms with E-state index in [4.69, 9.17) is 5.11 Å². The Morgan fingerprint density at radius 1 is 1.27 bits per heavy atom. The highest BCUT2D eigenvalue weighted by molar-refractivity contribution is 5.33. The van der Waals surface area contributed by atoms with Crippen LogP contribution >= 0.6 is 0 Å². The van der Waals surface area contributed by atoms with E-state index in [0.717, 1.165) is 12.1 Å². The van der Waals surface area contributed by atoms with Crippen LogP contribution in [0.2, 0.25) is 0 Å². The standard InChI is InChI=1S/C10H8F2N2O/c11-7-1-2-10(9(12)5-7)14-4-3-8(6-15)13-14/h1-5,15H,6H2. The molecule has 0 radical (unpaired) electrons. The van der Waals surface area contributed by atoms with Gasteiger partial charge in [-0.1, -0.05) is 0 Å². The van der Waals surface area contributed by atoms with E-state index in [2.05, 4.69) is 5.10 Å². The molecular weight excluding hydrogens is 202 g/mol. The van der Waals surface area contributed by atoms with Crippen LogP contribution in [0.25, 0.3) is 5.69 Å². The van der Waals surface area contributed by atoms with E-state index in [1.54, 1.807) is 6.07 Å². The third-order valence-corrected chi connectivity index (χ3v) is 1.96. The SMILES string of the molecule is OCc1ccn(-c2ccc(F)cc2F)n1. The predicted molar refractivity (Wildman–Crippen MR) is 49.4 cm³/mol. The second-order valence-electron chi connectivity index (χ2n) is 3.01. The summed E-state index contributed by atoms with van der Waals surface area (Å²) in [5.41, 5.74) is 0.579. The van der Waals surface area contributed by atoms with Crippen LogP contribution in [-0.2, 0) is 6.61 Å². The highest BCUT2D eigenvalue weighted by Gasteiger charge is 2.07. The Labute approximate surface area is 84.6 Å². The summed E-state index contributed by atoms with van der Waals surface area (Å²) in [5, 5.41) is 12.7. The first-order valence-corrected chi connectivity index (χ1v) is 4.31. The van der Waals surface area contributed by atoms with E-state index >= 15 is 0 Å².